The molecule has 0 aromatic heterocycles. The lowest BCUT2D eigenvalue weighted by Crippen LogP contribution is -2.42. The second kappa shape index (κ2) is 13.1. The molecule has 0 aromatic carbocycles. The highest BCUT2D eigenvalue weighted by Crippen LogP contribution is 2.11. The van der Waals surface area contributed by atoms with Crippen LogP contribution in [0.2, 0.25) is 0 Å². The highest BCUT2D eigenvalue weighted by atomic mass is 127. The van der Waals surface area contributed by atoms with E-state index in [1.54, 1.807) is 7.05 Å². The van der Waals surface area contributed by atoms with E-state index in [2.05, 4.69) is 34.2 Å². The van der Waals surface area contributed by atoms with Gasteiger partial charge in [0.2, 0.25) is 10.0 Å². The summed E-state index contributed by atoms with van der Waals surface area (Å²) in [7, 11) is -1.62. The summed E-state index contributed by atoms with van der Waals surface area (Å²) in [6.07, 6.45) is 4.15. The van der Waals surface area contributed by atoms with Crippen molar-refractivity contribution in [2.45, 2.75) is 45.6 Å². The average Bonchev–Trinajstić information content (AvgIpc) is 2.52. The van der Waals surface area contributed by atoms with Gasteiger partial charge in [-0.3, -0.25) is 4.99 Å². The summed E-state index contributed by atoms with van der Waals surface area (Å²) in [5.74, 6) is 1.27. The van der Waals surface area contributed by atoms with Gasteiger partial charge in [-0.05, 0) is 31.6 Å². The second-order valence-corrected chi connectivity index (χ2v) is 8.19. The minimum atomic E-state index is -3.29. The van der Waals surface area contributed by atoms with Gasteiger partial charge >= 0.3 is 0 Å². The largest absolute Gasteiger partial charge is 0.377 e. The van der Waals surface area contributed by atoms with Gasteiger partial charge in [0.25, 0.3) is 0 Å². The maximum atomic E-state index is 12.0. The Morgan fingerprint density at radius 2 is 1.96 bits per heavy atom. The van der Waals surface area contributed by atoms with Crippen molar-refractivity contribution in [2.75, 3.05) is 39.0 Å². The third kappa shape index (κ3) is 11.4. The molecular formula is C15H33IN4O3S. The zero-order valence-electron chi connectivity index (χ0n) is 15.0. The molecule has 0 aliphatic carbocycles. The number of ether oxygens (including phenoxy) is 1. The molecule has 1 heterocycles. The number of rotatable bonds is 9. The molecule has 144 valence electrons. The van der Waals surface area contributed by atoms with Crippen LogP contribution in [0.4, 0.5) is 0 Å². The Morgan fingerprint density at radius 1 is 1.25 bits per heavy atom. The predicted molar refractivity (Wildman–Crippen MR) is 110 cm³/mol. The van der Waals surface area contributed by atoms with Gasteiger partial charge in [-0.15, -0.1) is 24.0 Å². The molecule has 0 radical (unpaired) electrons. The topological polar surface area (TPSA) is 91.8 Å². The zero-order valence-corrected chi connectivity index (χ0v) is 18.2. The number of nitrogens with zero attached hydrogens (tertiary/aromatic N) is 1. The predicted octanol–water partition coefficient (Wildman–Crippen LogP) is 1.30. The molecule has 1 saturated heterocycles. The minimum Gasteiger partial charge on any atom is -0.377 e. The quantitative estimate of drug-likeness (QED) is 0.265. The molecule has 24 heavy (non-hydrogen) atoms. The maximum absolute atomic E-state index is 12.0. The molecule has 0 aromatic rings. The third-order valence-electron chi connectivity index (χ3n) is 3.71. The van der Waals surface area contributed by atoms with Crippen molar-refractivity contribution in [2.24, 2.45) is 10.9 Å². The Labute approximate surface area is 163 Å². The fourth-order valence-corrected chi connectivity index (χ4v) is 3.22. The van der Waals surface area contributed by atoms with Crippen LogP contribution in [0.1, 0.15) is 39.5 Å². The first kappa shape index (κ1) is 23.9. The molecule has 0 amide bonds. The average molecular weight is 476 g/mol. The number of halogens is 1. The summed E-state index contributed by atoms with van der Waals surface area (Å²) < 4.78 is 32.1. The van der Waals surface area contributed by atoms with Crippen LogP contribution in [0.15, 0.2) is 4.99 Å². The molecule has 1 unspecified atom stereocenters. The normalized spacial score (nSPS) is 19.0. The Morgan fingerprint density at radius 3 is 2.54 bits per heavy atom. The standard InChI is InChI=1S/C15H32N4O3S.HI/c1-13(2)7-8-17-15(16-3)18-9-11-23(20,21)19-12-14-6-4-5-10-22-14;/h13-14,19H,4-12H2,1-3H3,(H2,16,17,18);1H. The number of guanidine groups is 1. The monoisotopic (exact) mass is 476 g/mol. The Balaban J connectivity index is 0.00000529. The summed E-state index contributed by atoms with van der Waals surface area (Å²) >= 11 is 0. The smallest absolute Gasteiger partial charge is 0.213 e. The number of hydrogen-bond donors (Lipinski definition) is 3. The number of nitrogens with one attached hydrogen (secondary N) is 3. The maximum Gasteiger partial charge on any atom is 0.213 e. The van der Waals surface area contributed by atoms with Gasteiger partial charge in [0, 0.05) is 33.3 Å². The van der Waals surface area contributed by atoms with Gasteiger partial charge in [-0.1, -0.05) is 13.8 Å². The molecule has 0 spiro atoms. The summed E-state index contributed by atoms with van der Waals surface area (Å²) in [6, 6.07) is 0. The molecule has 9 heteroatoms. The molecule has 1 atom stereocenters. The molecule has 0 saturated carbocycles. The van der Waals surface area contributed by atoms with E-state index in [0.717, 1.165) is 38.8 Å². The van der Waals surface area contributed by atoms with Gasteiger partial charge < -0.3 is 15.4 Å². The molecule has 0 bridgehead atoms. The van der Waals surface area contributed by atoms with Crippen LogP contribution in [-0.2, 0) is 14.8 Å². The van der Waals surface area contributed by atoms with Crippen molar-refractivity contribution in [3.05, 3.63) is 0 Å². The van der Waals surface area contributed by atoms with E-state index in [0.29, 0.717) is 25.0 Å². The van der Waals surface area contributed by atoms with E-state index in [9.17, 15) is 8.42 Å². The van der Waals surface area contributed by atoms with Gasteiger partial charge in [0.05, 0.1) is 11.9 Å². The lowest BCUT2D eigenvalue weighted by Gasteiger charge is -2.22. The van der Waals surface area contributed by atoms with Gasteiger partial charge in [-0.25, -0.2) is 13.1 Å². The molecule has 1 rings (SSSR count). The van der Waals surface area contributed by atoms with Crippen molar-refractivity contribution in [3.63, 3.8) is 0 Å². The lowest BCUT2D eigenvalue weighted by molar-refractivity contribution is 0.0200. The molecule has 7 nitrogen and oxygen atoms in total. The van der Waals surface area contributed by atoms with Crippen molar-refractivity contribution < 1.29 is 13.2 Å². The van der Waals surface area contributed by atoms with Crippen molar-refractivity contribution in [1.82, 2.24) is 15.4 Å². The summed E-state index contributed by atoms with van der Waals surface area (Å²) in [5.41, 5.74) is 0. The van der Waals surface area contributed by atoms with Crippen molar-refractivity contribution >= 4 is 40.0 Å². The first-order chi connectivity index (χ1) is 10.9. The number of sulfonamides is 1. The number of aliphatic imine (C=N–C) groups is 1. The fraction of sp³-hybridized carbons (Fsp3) is 0.933. The molecule has 1 aliphatic rings. The molecule has 1 fully saturated rings. The van der Waals surface area contributed by atoms with Gasteiger partial charge in [0.1, 0.15) is 0 Å². The fourth-order valence-electron chi connectivity index (χ4n) is 2.26. The van der Waals surface area contributed by atoms with Crippen molar-refractivity contribution in [3.8, 4) is 0 Å². The summed E-state index contributed by atoms with van der Waals surface area (Å²) in [4.78, 5) is 4.08. The SMILES string of the molecule is CN=C(NCCC(C)C)NCCS(=O)(=O)NCC1CCCCO1.I. The van der Waals surface area contributed by atoms with Crippen LogP contribution in [0, 0.1) is 5.92 Å². The first-order valence-corrected chi connectivity index (χ1v) is 10.1. The third-order valence-corrected chi connectivity index (χ3v) is 5.05. The Kier molecular flexibility index (Phi) is 13.1. The van der Waals surface area contributed by atoms with Crippen LogP contribution in [0.5, 0.6) is 0 Å². The van der Waals surface area contributed by atoms with Gasteiger partial charge in [-0.2, -0.15) is 0 Å². The summed E-state index contributed by atoms with van der Waals surface area (Å²) in [6.45, 7) is 6.55. The van der Waals surface area contributed by atoms with E-state index in [4.69, 9.17) is 4.74 Å². The molecular weight excluding hydrogens is 443 g/mol. The van der Waals surface area contributed by atoms with E-state index in [1.807, 2.05) is 0 Å². The Bertz CT molecular complexity index is 452. The van der Waals surface area contributed by atoms with Crippen LogP contribution in [0.25, 0.3) is 0 Å². The zero-order chi connectivity index (χ0) is 17.1. The van der Waals surface area contributed by atoms with E-state index < -0.39 is 10.0 Å². The van der Waals surface area contributed by atoms with Crippen LogP contribution in [-0.4, -0.2) is 59.5 Å². The van der Waals surface area contributed by atoms with Crippen LogP contribution < -0.4 is 15.4 Å². The first-order valence-electron chi connectivity index (χ1n) is 8.46. The Hall–Kier alpha value is -0.130. The van der Waals surface area contributed by atoms with Crippen molar-refractivity contribution in [1.29, 1.82) is 0 Å². The van der Waals surface area contributed by atoms with Crippen LogP contribution in [0.3, 0.4) is 0 Å². The second-order valence-electron chi connectivity index (χ2n) is 6.26. The minimum absolute atomic E-state index is 0. The van der Waals surface area contributed by atoms with Crippen LogP contribution >= 0.6 is 24.0 Å². The number of hydrogen-bond acceptors (Lipinski definition) is 4. The highest BCUT2D eigenvalue weighted by Gasteiger charge is 2.17. The summed E-state index contributed by atoms with van der Waals surface area (Å²) in [5, 5.41) is 6.20. The molecule has 3 N–H and O–H groups in total. The van der Waals surface area contributed by atoms with Gasteiger partial charge in [0.15, 0.2) is 5.96 Å². The van der Waals surface area contributed by atoms with E-state index in [-0.39, 0.29) is 35.8 Å². The highest BCUT2D eigenvalue weighted by molar-refractivity contribution is 14.0. The van der Waals surface area contributed by atoms with E-state index >= 15 is 0 Å². The molecule has 1 aliphatic heterocycles. The lowest BCUT2D eigenvalue weighted by atomic mass is 10.1. The van der Waals surface area contributed by atoms with E-state index in [1.165, 1.54) is 0 Å².